The minimum absolute atomic E-state index is 0.0747. The van der Waals surface area contributed by atoms with E-state index in [0.717, 1.165) is 6.42 Å². The third kappa shape index (κ3) is 5.47. The van der Waals surface area contributed by atoms with Crippen molar-refractivity contribution in [1.29, 1.82) is 0 Å². The van der Waals surface area contributed by atoms with Crippen LogP contribution in [-0.2, 0) is 9.53 Å². The molecule has 0 aromatic rings. The lowest BCUT2D eigenvalue weighted by Gasteiger charge is -2.27. The number of carbonyl (C=O) groups excluding carboxylic acids is 1. The number of nitrogens with two attached hydrogens (primary N) is 1. The minimum atomic E-state index is -0.390. The molecule has 0 saturated carbocycles. The number of rotatable bonds is 7. The Hall–Kier alpha value is -0.610. The van der Waals surface area contributed by atoms with Crippen molar-refractivity contribution >= 4 is 5.91 Å². The van der Waals surface area contributed by atoms with Crippen LogP contribution in [0.1, 0.15) is 41.0 Å². The Balaban J connectivity index is 3.98. The first-order chi connectivity index (χ1) is 7.34. The molecule has 0 bridgehead atoms. The summed E-state index contributed by atoms with van der Waals surface area (Å²) >= 11 is 0. The van der Waals surface area contributed by atoms with Crippen LogP contribution in [0.15, 0.2) is 0 Å². The Kier molecular flexibility index (Phi) is 6.60. The molecule has 0 aromatic heterocycles. The lowest BCUT2D eigenvalue weighted by molar-refractivity contribution is -0.132. The zero-order chi connectivity index (χ0) is 12.8. The molecule has 0 aliphatic rings. The van der Waals surface area contributed by atoms with Crippen LogP contribution >= 0.6 is 0 Å². The highest BCUT2D eigenvalue weighted by atomic mass is 16.5. The van der Waals surface area contributed by atoms with E-state index in [0.29, 0.717) is 12.5 Å². The largest absolute Gasteiger partial charge is 0.364 e. The van der Waals surface area contributed by atoms with E-state index < -0.39 is 5.60 Å². The molecular weight excluding hydrogens is 204 g/mol. The van der Waals surface area contributed by atoms with Crippen molar-refractivity contribution in [2.75, 3.05) is 13.2 Å². The summed E-state index contributed by atoms with van der Waals surface area (Å²) in [6.07, 6.45) is 0.802. The topological polar surface area (TPSA) is 64.3 Å². The summed E-state index contributed by atoms with van der Waals surface area (Å²) in [7, 11) is 0. The molecular formula is C12H26N2O2. The number of amides is 1. The summed E-state index contributed by atoms with van der Waals surface area (Å²) in [6, 6.07) is 0.168. The van der Waals surface area contributed by atoms with Gasteiger partial charge in [-0.1, -0.05) is 20.8 Å². The molecule has 0 aliphatic carbocycles. The van der Waals surface area contributed by atoms with Gasteiger partial charge in [0, 0.05) is 12.6 Å². The molecule has 0 spiro atoms. The van der Waals surface area contributed by atoms with Gasteiger partial charge < -0.3 is 15.8 Å². The number of hydrogen-bond acceptors (Lipinski definition) is 3. The van der Waals surface area contributed by atoms with Crippen molar-refractivity contribution in [3.8, 4) is 0 Å². The fourth-order valence-electron chi connectivity index (χ4n) is 1.01. The normalized spacial score (nSPS) is 16.9. The van der Waals surface area contributed by atoms with Gasteiger partial charge in [-0.15, -0.1) is 0 Å². The van der Waals surface area contributed by atoms with E-state index in [1.807, 2.05) is 20.8 Å². The highest BCUT2D eigenvalue weighted by Crippen LogP contribution is 2.12. The molecule has 3 N–H and O–H groups in total. The van der Waals surface area contributed by atoms with E-state index in [9.17, 15) is 4.79 Å². The third-order valence-corrected chi connectivity index (χ3v) is 3.12. The van der Waals surface area contributed by atoms with E-state index in [4.69, 9.17) is 10.5 Å². The first kappa shape index (κ1) is 15.4. The van der Waals surface area contributed by atoms with Gasteiger partial charge in [-0.05, 0) is 26.2 Å². The summed E-state index contributed by atoms with van der Waals surface area (Å²) in [5.74, 6) is 0.352. The predicted octanol–water partition coefficient (Wildman–Crippen LogP) is 1.29. The monoisotopic (exact) mass is 230 g/mol. The molecule has 0 radical (unpaired) electrons. The zero-order valence-corrected chi connectivity index (χ0v) is 11.2. The lowest BCUT2D eigenvalue weighted by atomic mass is 10.0. The Morgan fingerprint density at radius 1 is 1.44 bits per heavy atom. The maximum atomic E-state index is 11.6. The molecule has 2 unspecified atom stereocenters. The maximum absolute atomic E-state index is 11.6. The van der Waals surface area contributed by atoms with Gasteiger partial charge in [0.25, 0.3) is 0 Å². The zero-order valence-electron chi connectivity index (χ0n) is 11.2. The van der Waals surface area contributed by atoms with Crippen LogP contribution < -0.4 is 11.1 Å². The molecule has 0 fully saturated rings. The molecule has 96 valence electrons. The first-order valence-electron chi connectivity index (χ1n) is 5.98. The SMILES string of the molecule is CCC(C)(CN)OCC(=O)NC(C)C(C)C. The van der Waals surface area contributed by atoms with Gasteiger partial charge in [0.15, 0.2) is 0 Å². The van der Waals surface area contributed by atoms with Crippen molar-refractivity contribution in [3.05, 3.63) is 0 Å². The fraction of sp³-hybridized carbons (Fsp3) is 0.917. The smallest absolute Gasteiger partial charge is 0.246 e. The average Bonchev–Trinajstić information content (AvgIpc) is 2.25. The summed E-state index contributed by atoms with van der Waals surface area (Å²) in [6.45, 7) is 10.6. The molecule has 0 heterocycles. The summed E-state index contributed by atoms with van der Waals surface area (Å²) in [5.41, 5.74) is 5.21. The van der Waals surface area contributed by atoms with Crippen LogP contribution in [-0.4, -0.2) is 30.7 Å². The molecule has 1 amide bonds. The number of nitrogens with one attached hydrogen (secondary N) is 1. The van der Waals surface area contributed by atoms with Crippen LogP contribution in [0.4, 0.5) is 0 Å². The van der Waals surface area contributed by atoms with E-state index >= 15 is 0 Å². The van der Waals surface area contributed by atoms with Crippen molar-refractivity contribution in [3.63, 3.8) is 0 Å². The van der Waals surface area contributed by atoms with E-state index in [-0.39, 0.29) is 18.6 Å². The third-order valence-electron chi connectivity index (χ3n) is 3.12. The van der Waals surface area contributed by atoms with Crippen LogP contribution in [0.25, 0.3) is 0 Å². The highest BCUT2D eigenvalue weighted by molar-refractivity contribution is 5.77. The molecule has 4 nitrogen and oxygen atoms in total. The van der Waals surface area contributed by atoms with Crippen molar-refractivity contribution in [1.82, 2.24) is 5.32 Å². The Labute approximate surface area is 98.9 Å². The van der Waals surface area contributed by atoms with Gasteiger partial charge in [0.2, 0.25) is 5.91 Å². The number of ether oxygens (including phenoxy) is 1. The molecule has 0 rings (SSSR count). The molecule has 0 aromatic carbocycles. The van der Waals surface area contributed by atoms with Gasteiger partial charge in [-0.25, -0.2) is 0 Å². The van der Waals surface area contributed by atoms with Crippen LogP contribution in [0.3, 0.4) is 0 Å². The Morgan fingerprint density at radius 3 is 2.38 bits per heavy atom. The standard InChI is InChI=1S/C12H26N2O2/c1-6-12(5,8-13)16-7-11(15)14-10(4)9(2)3/h9-10H,6-8,13H2,1-5H3,(H,14,15). The van der Waals surface area contributed by atoms with Crippen molar-refractivity contribution in [2.45, 2.75) is 52.7 Å². The number of carbonyl (C=O) groups is 1. The number of hydrogen-bond donors (Lipinski definition) is 2. The predicted molar refractivity (Wildman–Crippen MR) is 66.1 cm³/mol. The molecule has 16 heavy (non-hydrogen) atoms. The van der Waals surface area contributed by atoms with Gasteiger partial charge >= 0.3 is 0 Å². The fourth-order valence-corrected chi connectivity index (χ4v) is 1.01. The van der Waals surface area contributed by atoms with E-state index in [1.54, 1.807) is 0 Å². The van der Waals surface area contributed by atoms with E-state index in [2.05, 4.69) is 19.2 Å². The molecule has 0 saturated heterocycles. The second kappa shape index (κ2) is 6.86. The van der Waals surface area contributed by atoms with Gasteiger partial charge in [-0.3, -0.25) is 4.79 Å². The van der Waals surface area contributed by atoms with Crippen LogP contribution in [0, 0.1) is 5.92 Å². The van der Waals surface area contributed by atoms with Crippen molar-refractivity contribution in [2.24, 2.45) is 11.7 Å². The summed E-state index contributed by atoms with van der Waals surface area (Å²) in [5, 5.41) is 2.90. The average molecular weight is 230 g/mol. The molecule has 4 heteroatoms. The van der Waals surface area contributed by atoms with Gasteiger partial charge in [0.1, 0.15) is 6.61 Å². The van der Waals surface area contributed by atoms with Crippen LogP contribution in [0.5, 0.6) is 0 Å². The van der Waals surface area contributed by atoms with Gasteiger partial charge in [0.05, 0.1) is 5.60 Å². The Bertz CT molecular complexity index is 213. The van der Waals surface area contributed by atoms with E-state index in [1.165, 1.54) is 0 Å². The quantitative estimate of drug-likeness (QED) is 0.692. The second-order valence-electron chi connectivity index (χ2n) is 4.90. The maximum Gasteiger partial charge on any atom is 0.246 e. The molecule has 2 atom stereocenters. The van der Waals surface area contributed by atoms with Crippen LogP contribution in [0.2, 0.25) is 0 Å². The second-order valence-corrected chi connectivity index (χ2v) is 4.90. The summed E-state index contributed by atoms with van der Waals surface area (Å²) < 4.78 is 5.53. The lowest BCUT2D eigenvalue weighted by Crippen LogP contribution is -2.43. The Morgan fingerprint density at radius 2 is 2.00 bits per heavy atom. The molecule has 0 aliphatic heterocycles. The highest BCUT2D eigenvalue weighted by Gasteiger charge is 2.22. The minimum Gasteiger partial charge on any atom is -0.364 e. The first-order valence-corrected chi connectivity index (χ1v) is 5.98. The van der Waals surface area contributed by atoms with Gasteiger partial charge in [-0.2, -0.15) is 0 Å². The van der Waals surface area contributed by atoms with Crippen molar-refractivity contribution < 1.29 is 9.53 Å². The summed E-state index contributed by atoms with van der Waals surface area (Å²) in [4.78, 5) is 11.6.